The van der Waals surface area contributed by atoms with Crippen LogP contribution in [0.25, 0.3) is 0 Å². The summed E-state index contributed by atoms with van der Waals surface area (Å²) < 4.78 is 4.87. The molecule has 4 saturated carbocycles. The number of rotatable bonds is 3. The van der Waals surface area contributed by atoms with Gasteiger partial charge >= 0.3 is 5.97 Å². The van der Waals surface area contributed by atoms with Crippen molar-refractivity contribution < 1.29 is 29.0 Å². The van der Waals surface area contributed by atoms with Gasteiger partial charge in [-0.15, -0.1) is 0 Å². The second-order valence-corrected chi connectivity index (χ2v) is 10.4. The molecule has 4 aliphatic carbocycles. The highest BCUT2D eigenvalue weighted by atomic mass is 16.5. The van der Waals surface area contributed by atoms with Crippen molar-refractivity contribution in [3.63, 3.8) is 0 Å². The van der Waals surface area contributed by atoms with Crippen LogP contribution in [0.15, 0.2) is 0 Å². The molecule has 29 heavy (non-hydrogen) atoms. The lowest BCUT2D eigenvalue weighted by atomic mass is 9.44. The second-order valence-electron chi connectivity index (χ2n) is 10.4. The van der Waals surface area contributed by atoms with Crippen LogP contribution in [-0.2, 0) is 23.9 Å². The molecule has 0 amide bonds. The topological polar surface area (TPSA) is 97.7 Å². The van der Waals surface area contributed by atoms with E-state index in [0.717, 1.165) is 19.3 Å². The van der Waals surface area contributed by atoms with E-state index >= 15 is 0 Å². The van der Waals surface area contributed by atoms with Crippen molar-refractivity contribution in [2.75, 3.05) is 6.61 Å². The Hall–Kier alpha value is -1.56. The predicted molar refractivity (Wildman–Crippen MR) is 104 cm³/mol. The van der Waals surface area contributed by atoms with Crippen LogP contribution in [0.1, 0.15) is 72.1 Å². The van der Waals surface area contributed by atoms with Gasteiger partial charge in [-0.1, -0.05) is 13.8 Å². The highest BCUT2D eigenvalue weighted by Gasteiger charge is 2.69. The van der Waals surface area contributed by atoms with E-state index in [1.54, 1.807) is 0 Å². The van der Waals surface area contributed by atoms with Crippen molar-refractivity contribution >= 4 is 23.3 Å². The number of Topliss-reactive ketones (excluding diaryl/α,β-unsaturated/α-hetero) is 3. The number of hydrogen-bond donors (Lipinski definition) is 1. The van der Waals surface area contributed by atoms with Crippen LogP contribution in [-0.4, -0.2) is 40.6 Å². The smallest absolute Gasteiger partial charge is 0.303 e. The van der Waals surface area contributed by atoms with Crippen molar-refractivity contribution in [1.82, 2.24) is 0 Å². The summed E-state index contributed by atoms with van der Waals surface area (Å²) in [6.07, 6.45) is 4.90. The Kier molecular flexibility index (Phi) is 4.80. The lowest BCUT2D eigenvalue weighted by molar-refractivity contribution is -0.180. The summed E-state index contributed by atoms with van der Waals surface area (Å²) in [4.78, 5) is 49.5. The van der Waals surface area contributed by atoms with Crippen LogP contribution in [0.4, 0.5) is 0 Å². The Labute approximate surface area is 171 Å². The Bertz CT molecular complexity index is 773. The lowest BCUT2D eigenvalue weighted by Crippen LogP contribution is -2.62. The molecule has 0 aliphatic heterocycles. The quantitative estimate of drug-likeness (QED) is 0.726. The summed E-state index contributed by atoms with van der Waals surface area (Å²) in [6.45, 7) is 4.86. The predicted octanol–water partition coefficient (Wildman–Crippen LogP) is 2.64. The molecule has 160 valence electrons. The van der Waals surface area contributed by atoms with Crippen molar-refractivity contribution in [3.8, 4) is 0 Å². The molecule has 0 saturated heterocycles. The molecule has 6 nitrogen and oxygen atoms in total. The van der Waals surface area contributed by atoms with Crippen LogP contribution in [0.2, 0.25) is 0 Å². The molecule has 1 N–H and O–H groups in total. The molecular weight excluding hydrogens is 372 g/mol. The number of hydrogen-bond acceptors (Lipinski definition) is 6. The zero-order valence-electron chi connectivity index (χ0n) is 17.7. The maximum Gasteiger partial charge on any atom is 0.303 e. The van der Waals surface area contributed by atoms with Crippen LogP contribution in [0.5, 0.6) is 0 Å². The molecule has 0 spiro atoms. The van der Waals surface area contributed by atoms with E-state index in [1.165, 1.54) is 6.92 Å². The number of carbonyl (C=O) groups is 4. The fourth-order valence-electron chi connectivity index (χ4n) is 7.61. The Morgan fingerprint density at radius 3 is 2.55 bits per heavy atom. The highest BCUT2D eigenvalue weighted by Crippen LogP contribution is 2.67. The minimum Gasteiger partial charge on any atom is -0.458 e. The average molecular weight is 405 g/mol. The third kappa shape index (κ3) is 2.85. The van der Waals surface area contributed by atoms with Crippen molar-refractivity contribution in [1.29, 1.82) is 0 Å². The summed E-state index contributed by atoms with van der Waals surface area (Å²) >= 11 is 0. The number of ketones is 3. The third-order valence-corrected chi connectivity index (χ3v) is 9.19. The van der Waals surface area contributed by atoms with Gasteiger partial charge in [-0.3, -0.25) is 19.2 Å². The maximum atomic E-state index is 13.5. The molecule has 7 atom stereocenters. The van der Waals surface area contributed by atoms with Gasteiger partial charge < -0.3 is 9.84 Å². The number of esters is 1. The van der Waals surface area contributed by atoms with E-state index in [1.807, 2.05) is 6.92 Å². The van der Waals surface area contributed by atoms with Gasteiger partial charge in [-0.05, 0) is 55.3 Å². The van der Waals surface area contributed by atoms with Crippen LogP contribution in [0, 0.1) is 34.5 Å². The van der Waals surface area contributed by atoms with E-state index in [-0.39, 0.29) is 41.3 Å². The molecule has 0 aromatic rings. The minimum absolute atomic E-state index is 0.0849. The van der Waals surface area contributed by atoms with Gasteiger partial charge in [-0.25, -0.2) is 0 Å². The van der Waals surface area contributed by atoms with Gasteiger partial charge in [0.1, 0.15) is 17.2 Å². The monoisotopic (exact) mass is 404 g/mol. The molecule has 0 heterocycles. The minimum atomic E-state index is -1.63. The molecule has 4 fully saturated rings. The van der Waals surface area contributed by atoms with E-state index in [9.17, 15) is 24.3 Å². The zero-order valence-corrected chi connectivity index (χ0v) is 17.7. The third-order valence-electron chi connectivity index (χ3n) is 9.19. The first-order chi connectivity index (χ1) is 13.5. The average Bonchev–Trinajstić information content (AvgIpc) is 2.91. The first kappa shape index (κ1) is 20.7. The fraction of sp³-hybridized carbons (Fsp3) is 0.826. The zero-order chi connectivity index (χ0) is 21.2. The van der Waals surface area contributed by atoms with Gasteiger partial charge in [0.25, 0.3) is 0 Å². The van der Waals surface area contributed by atoms with Gasteiger partial charge in [0.2, 0.25) is 5.78 Å². The van der Waals surface area contributed by atoms with Crippen LogP contribution in [0.3, 0.4) is 0 Å². The van der Waals surface area contributed by atoms with E-state index in [2.05, 4.69) is 6.92 Å². The Morgan fingerprint density at radius 1 is 1.14 bits per heavy atom. The van der Waals surface area contributed by atoms with E-state index < -0.39 is 29.4 Å². The first-order valence-electron chi connectivity index (χ1n) is 11.0. The van der Waals surface area contributed by atoms with Gasteiger partial charge in [0.05, 0.1) is 0 Å². The van der Waals surface area contributed by atoms with Crippen molar-refractivity contribution in [2.45, 2.75) is 77.7 Å². The summed E-state index contributed by atoms with van der Waals surface area (Å²) in [6, 6.07) is 0. The number of ether oxygens (including phenoxy) is 1. The first-order valence-corrected chi connectivity index (χ1v) is 11.0. The molecule has 4 rings (SSSR count). The normalized spacial score (nSPS) is 46.5. The van der Waals surface area contributed by atoms with Crippen molar-refractivity contribution in [3.05, 3.63) is 0 Å². The molecule has 0 bridgehead atoms. The molecule has 0 aromatic carbocycles. The second kappa shape index (κ2) is 6.73. The van der Waals surface area contributed by atoms with Crippen LogP contribution >= 0.6 is 0 Å². The van der Waals surface area contributed by atoms with Crippen LogP contribution < -0.4 is 0 Å². The summed E-state index contributed by atoms with van der Waals surface area (Å²) in [5.74, 6) is -0.187. The van der Waals surface area contributed by atoms with Gasteiger partial charge in [-0.2, -0.15) is 0 Å². The number of fused-ring (bicyclic) bond motifs is 5. The summed E-state index contributed by atoms with van der Waals surface area (Å²) in [5.41, 5.74) is -2.61. The number of carbonyl (C=O) groups excluding carboxylic acids is 4. The standard InChI is InChI=1S/C23H32O6/c1-13(24)29-12-19(27)23(28)9-7-17-16-5-4-14-10-15(25)6-8-21(14,2)20(16)18(26)11-22(17,23)3/h14,16-17,20,28H,4-12H2,1-3H3/t14?,16?,17?,20?,21-,22-,23-/m0/s1. The molecular formula is C23H32O6. The SMILES string of the molecule is CC(=O)OCC(=O)[C@@]1(O)CCC2C3CCC4CC(=O)CC[C@]4(C)C3C(=O)C[C@@]21C. The molecule has 0 aromatic heterocycles. The Morgan fingerprint density at radius 2 is 1.86 bits per heavy atom. The lowest BCUT2D eigenvalue weighted by Gasteiger charge is -2.59. The Balaban J connectivity index is 1.64. The molecule has 0 radical (unpaired) electrons. The van der Waals surface area contributed by atoms with Crippen molar-refractivity contribution in [2.24, 2.45) is 34.5 Å². The number of aliphatic hydroxyl groups is 1. The molecule has 4 unspecified atom stereocenters. The fourth-order valence-corrected chi connectivity index (χ4v) is 7.61. The molecule has 4 aliphatic rings. The van der Waals surface area contributed by atoms with Gasteiger partial charge in [0.15, 0.2) is 6.61 Å². The van der Waals surface area contributed by atoms with Gasteiger partial charge in [0, 0.05) is 37.5 Å². The van der Waals surface area contributed by atoms with E-state index in [0.29, 0.717) is 31.5 Å². The largest absolute Gasteiger partial charge is 0.458 e. The summed E-state index contributed by atoms with van der Waals surface area (Å²) in [5, 5.41) is 11.4. The highest BCUT2D eigenvalue weighted by molar-refractivity contribution is 5.93. The maximum absolute atomic E-state index is 13.5. The molecule has 6 heteroatoms. The summed E-state index contributed by atoms with van der Waals surface area (Å²) in [7, 11) is 0. The van der Waals surface area contributed by atoms with E-state index in [4.69, 9.17) is 4.74 Å².